The van der Waals surface area contributed by atoms with E-state index in [2.05, 4.69) is 25.8 Å². The van der Waals surface area contributed by atoms with Crippen LogP contribution in [0.5, 0.6) is 0 Å². The molecule has 2 aromatic rings. The summed E-state index contributed by atoms with van der Waals surface area (Å²) in [6.45, 7) is 7.17. The Morgan fingerprint density at radius 1 is 1.11 bits per heavy atom. The minimum Gasteiger partial charge on any atom is -0.408 e. The summed E-state index contributed by atoms with van der Waals surface area (Å²) in [4.78, 5) is 17.1. The van der Waals surface area contributed by atoms with Gasteiger partial charge in [-0.1, -0.05) is 38.4 Å². The highest BCUT2D eigenvalue weighted by Gasteiger charge is 2.63. The zero-order valence-corrected chi connectivity index (χ0v) is 23.2. The Bertz CT molecular complexity index is 1230. The predicted octanol–water partition coefficient (Wildman–Crippen LogP) is 6.40. The van der Waals surface area contributed by atoms with Crippen LogP contribution in [0.3, 0.4) is 0 Å². The van der Waals surface area contributed by atoms with Gasteiger partial charge < -0.3 is 14.6 Å². The van der Waals surface area contributed by atoms with Crippen molar-refractivity contribution in [2.45, 2.75) is 97.2 Å². The topological polar surface area (TPSA) is 83.6 Å². The number of rotatable bonds is 4. The van der Waals surface area contributed by atoms with Gasteiger partial charge in [0.2, 0.25) is 0 Å². The molecular formula is C31H42ClNO4. The van der Waals surface area contributed by atoms with Gasteiger partial charge in [0.05, 0.1) is 22.7 Å². The molecule has 1 unspecified atom stereocenters. The molecule has 0 saturated heterocycles. The molecule has 5 nitrogen and oxygen atoms in total. The number of halogens is 1. The van der Waals surface area contributed by atoms with Crippen LogP contribution in [0.2, 0.25) is 5.02 Å². The minimum absolute atomic E-state index is 0.0663. The van der Waals surface area contributed by atoms with Crippen molar-refractivity contribution in [1.29, 1.82) is 0 Å². The zero-order chi connectivity index (χ0) is 26.1. The number of fused-ring (bicyclic) bond motifs is 6. The largest absolute Gasteiger partial charge is 0.408 e. The van der Waals surface area contributed by atoms with Crippen molar-refractivity contribution in [3.05, 3.63) is 39.5 Å². The van der Waals surface area contributed by atoms with Crippen molar-refractivity contribution >= 4 is 22.5 Å². The summed E-state index contributed by atoms with van der Waals surface area (Å²) < 4.78 is 5.56. The maximum absolute atomic E-state index is 12.5. The molecule has 0 aliphatic heterocycles. The highest BCUT2D eigenvalue weighted by molar-refractivity contribution is 6.35. The summed E-state index contributed by atoms with van der Waals surface area (Å²) >= 11 is 6.19. The first kappa shape index (κ1) is 25.8. The lowest BCUT2D eigenvalue weighted by molar-refractivity contribution is -0.174. The average molecular weight is 528 g/mol. The normalized spacial score (nSPS) is 42.2. The molecular weight excluding hydrogens is 486 g/mol. The smallest absolute Gasteiger partial charge is 0.348 e. The van der Waals surface area contributed by atoms with Crippen molar-refractivity contribution in [2.24, 2.45) is 46.3 Å². The van der Waals surface area contributed by atoms with Crippen LogP contribution < -0.4 is 5.63 Å². The molecule has 202 valence electrons. The molecule has 6 heteroatoms. The Kier molecular flexibility index (Phi) is 6.52. The highest BCUT2D eigenvalue weighted by atomic mass is 35.5. The zero-order valence-electron chi connectivity index (χ0n) is 22.5. The second-order valence-electron chi connectivity index (χ2n) is 13.4. The van der Waals surface area contributed by atoms with Crippen LogP contribution in [0.25, 0.3) is 10.9 Å². The van der Waals surface area contributed by atoms with E-state index in [1.807, 2.05) is 12.1 Å². The standard InChI is InChI=1S/C31H42ClNO4/c1-17(7-12-27-33-25-6-4-5-24(32)28(25)29(36)37-27)21-10-11-22-20-9-8-18-15-19(34)13-14-30(18,2)23(20)16-26(35)31(21,22)3/h4-6,17-23,26,34-35H,7-16H2,1-3H3/t17-,18-,19-,20+,21-,22+,23?,26+,30+,31-/m1/s1. The van der Waals surface area contributed by atoms with Gasteiger partial charge in [0.15, 0.2) is 5.89 Å². The lowest BCUT2D eigenvalue weighted by Gasteiger charge is -2.62. The molecule has 4 fully saturated rings. The van der Waals surface area contributed by atoms with Gasteiger partial charge in [0.25, 0.3) is 0 Å². The Balaban J connectivity index is 1.19. The number of nitrogens with zero attached hydrogens (tertiary/aromatic N) is 1. The van der Waals surface area contributed by atoms with Gasteiger partial charge in [-0.15, -0.1) is 0 Å². The highest BCUT2D eigenvalue weighted by Crippen LogP contribution is 2.68. The fourth-order valence-electron chi connectivity index (χ4n) is 9.94. The van der Waals surface area contributed by atoms with E-state index in [1.165, 1.54) is 19.3 Å². The number of aliphatic hydroxyl groups is 2. The average Bonchev–Trinajstić information content (AvgIpc) is 3.22. The molecule has 1 aromatic heterocycles. The van der Waals surface area contributed by atoms with Crippen LogP contribution in [0.15, 0.2) is 27.4 Å². The molecule has 2 N–H and O–H groups in total. The lowest BCUT2D eigenvalue weighted by Crippen LogP contribution is -2.58. The maximum atomic E-state index is 12.5. The molecule has 0 bridgehead atoms. The third-order valence-corrected chi connectivity index (χ3v) is 12.3. The van der Waals surface area contributed by atoms with Crippen LogP contribution >= 0.6 is 11.6 Å². The minimum atomic E-state index is -0.417. The van der Waals surface area contributed by atoms with E-state index in [4.69, 9.17) is 16.0 Å². The third-order valence-electron chi connectivity index (χ3n) is 12.0. The summed E-state index contributed by atoms with van der Waals surface area (Å²) in [5, 5.41) is 22.8. The molecule has 37 heavy (non-hydrogen) atoms. The summed E-state index contributed by atoms with van der Waals surface area (Å²) in [6, 6.07) is 5.31. The van der Waals surface area contributed by atoms with Gasteiger partial charge in [0.1, 0.15) is 5.39 Å². The van der Waals surface area contributed by atoms with Crippen LogP contribution in [-0.4, -0.2) is 27.4 Å². The Hall–Kier alpha value is -1.43. The molecule has 4 saturated carbocycles. The van der Waals surface area contributed by atoms with Crippen molar-refractivity contribution in [3.63, 3.8) is 0 Å². The van der Waals surface area contributed by atoms with Gasteiger partial charge in [-0.2, -0.15) is 0 Å². The van der Waals surface area contributed by atoms with E-state index in [0.29, 0.717) is 63.7 Å². The van der Waals surface area contributed by atoms with Gasteiger partial charge in [-0.05, 0) is 116 Å². The summed E-state index contributed by atoms with van der Waals surface area (Å²) in [6.07, 6.45) is 9.79. The quantitative estimate of drug-likeness (QED) is 0.480. The van der Waals surface area contributed by atoms with Crippen molar-refractivity contribution in [2.75, 3.05) is 0 Å². The molecule has 0 radical (unpaired) electrons. The number of aryl methyl sites for hydroxylation is 1. The van der Waals surface area contributed by atoms with E-state index in [0.717, 1.165) is 38.5 Å². The van der Waals surface area contributed by atoms with E-state index >= 15 is 0 Å². The molecule has 0 spiro atoms. The van der Waals surface area contributed by atoms with Gasteiger partial charge in [-0.3, -0.25) is 0 Å². The molecule has 6 rings (SSSR count). The lowest BCUT2D eigenvalue weighted by atomic mass is 9.43. The van der Waals surface area contributed by atoms with Crippen molar-refractivity contribution < 1.29 is 14.6 Å². The fourth-order valence-corrected chi connectivity index (χ4v) is 10.2. The van der Waals surface area contributed by atoms with Gasteiger partial charge >= 0.3 is 5.63 Å². The Morgan fingerprint density at radius 3 is 2.73 bits per heavy atom. The summed E-state index contributed by atoms with van der Waals surface area (Å²) in [7, 11) is 0. The molecule has 0 amide bonds. The molecule has 1 aromatic carbocycles. The number of benzene rings is 1. The van der Waals surface area contributed by atoms with Crippen LogP contribution in [0.4, 0.5) is 0 Å². The molecule has 4 aliphatic rings. The molecule has 4 aliphatic carbocycles. The van der Waals surface area contributed by atoms with Gasteiger partial charge in [0, 0.05) is 6.42 Å². The van der Waals surface area contributed by atoms with Crippen LogP contribution in [0.1, 0.15) is 84.4 Å². The van der Waals surface area contributed by atoms with Crippen molar-refractivity contribution in [1.82, 2.24) is 4.98 Å². The monoisotopic (exact) mass is 527 g/mol. The first-order valence-corrected chi connectivity index (χ1v) is 14.9. The first-order chi connectivity index (χ1) is 17.6. The summed E-state index contributed by atoms with van der Waals surface area (Å²) in [5.41, 5.74) is 0.367. The predicted molar refractivity (Wildman–Crippen MR) is 145 cm³/mol. The second-order valence-corrected chi connectivity index (χ2v) is 13.8. The van der Waals surface area contributed by atoms with Crippen molar-refractivity contribution in [3.8, 4) is 0 Å². The number of aromatic nitrogens is 1. The maximum Gasteiger partial charge on any atom is 0.348 e. The fraction of sp³-hybridized carbons (Fsp3) is 0.742. The first-order valence-electron chi connectivity index (χ1n) is 14.6. The third kappa shape index (κ3) is 4.02. The van der Waals surface area contributed by atoms with Gasteiger partial charge in [-0.25, -0.2) is 9.78 Å². The van der Waals surface area contributed by atoms with E-state index in [9.17, 15) is 15.0 Å². The molecule has 1 heterocycles. The van der Waals surface area contributed by atoms with E-state index in [-0.39, 0.29) is 23.0 Å². The van der Waals surface area contributed by atoms with E-state index in [1.54, 1.807) is 6.07 Å². The van der Waals surface area contributed by atoms with E-state index < -0.39 is 5.63 Å². The molecule has 10 atom stereocenters. The summed E-state index contributed by atoms with van der Waals surface area (Å²) in [5.74, 6) is 3.76. The number of hydrogen-bond donors (Lipinski definition) is 2. The number of aliphatic hydroxyl groups excluding tert-OH is 2. The SMILES string of the molecule is C[C@H](CCc1nc2cccc(Cl)c2c(=O)o1)[C@H]1CC[C@H]2[C@@H]3CC[C@@H]4C[C@H](O)CC[C@]4(C)C3C[C@H](O)[C@]12C. The second kappa shape index (κ2) is 9.34. The Morgan fingerprint density at radius 2 is 1.92 bits per heavy atom. The Labute approximate surface area is 225 Å². The van der Waals surface area contributed by atoms with Crippen LogP contribution in [-0.2, 0) is 6.42 Å². The van der Waals surface area contributed by atoms with Crippen LogP contribution in [0, 0.1) is 46.3 Å². The number of hydrogen-bond acceptors (Lipinski definition) is 5.